The van der Waals surface area contributed by atoms with E-state index in [-0.39, 0.29) is 6.42 Å². The minimum atomic E-state index is -1.12. The van der Waals surface area contributed by atoms with Crippen LogP contribution in [0, 0.1) is 19.3 Å². The second kappa shape index (κ2) is 6.31. The molecular formula is C16H18N2O3. The van der Waals surface area contributed by atoms with Gasteiger partial charge < -0.3 is 10.4 Å². The molecule has 1 aromatic rings. The van der Waals surface area contributed by atoms with Crippen molar-refractivity contribution in [3.63, 3.8) is 0 Å². The van der Waals surface area contributed by atoms with Gasteiger partial charge in [-0.05, 0) is 31.4 Å². The van der Waals surface area contributed by atoms with E-state index in [1.54, 1.807) is 4.90 Å². The quantitative estimate of drug-likeness (QED) is 0.834. The third kappa shape index (κ3) is 3.34. The fourth-order valence-electron chi connectivity index (χ4n) is 2.48. The predicted octanol–water partition coefficient (Wildman–Crippen LogP) is 1.93. The van der Waals surface area contributed by atoms with Crippen molar-refractivity contribution in [1.82, 2.24) is 5.32 Å². The summed E-state index contributed by atoms with van der Waals surface area (Å²) in [6, 6.07) is 4.44. The Bertz CT molecular complexity index is 604. The Hall–Kier alpha value is -2.48. The molecule has 1 aliphatic heterocycles. The average molecular weight is 286 g/mol. The first-order valence-electron chi connectivity index (χ1n) is 6.86. The number of fused-ring (bicyclic) bond motifs is 1. The molecule has 1 atom stereocenters. The summed E-state index contributed by atoms with van der Waals surface area (Å²) in [4.78, 5) is 25.0. The van der Waals surface area contributed by atoms with E-state index < -0.39 is 18.0 Å². The van der Waals surface area contributed by atoms with Crippen molar-refractivity contribution in [3.05, 3.63) is 29.3 Å². The first kappa shape index (κ1) is 14.9. The highest BCUT2D eigenvalue weighted by molar-refractivity contribution is 5.95. The van der Waals surface area contributed by atoms with Crippen molar-refractivity contribution in [1.29, 1.82) is 0 Å². The van der Waals surface area contributed by atoms with Gasteiger partial charge in [0.15, 0.2) is 0 Å². The molecule has 0 aromatic heterocycles. The minimum Gasteiger partial charge on any atom is -0.480 e. The number of terminal acetylenes is 1. The van der Waals surface area contributed by atoms with E-state index in [0.717, 1.165) is 29.7 Å². The normalized spacial score (nSPS) is 14.8. The maximum atomic E-state index is 12.3. The number of carboxylic acids is 1. The van der Waals surface area contributed by atoms with Crippen LogP contribution in [0.25, 0.3) is 0 Å². The molecule has 1 unspecified atom stereocenters. The number of carboxylic acid groups (broad SMARTS) is 1. The summed E-state index contributed by atoms with van der Waals surface area (Å²) >= 11 is 0. The molecule has 2 rings (SSSR count). The Balaban J connectivity index is 2.18. The summed E-state index contributed by atoms with van der Waals surface area (Å²) < 4.78 is 0. The summed E-state index contributed by atoms with van der Waals surface area (Å²) in [5, 5.41) is 11.5. The Labute approximate surface area is 124 Å². The number of carbonyl (C=O) groups excluding carboxylic acids is 1. The minimum absolute atomic E-state index is 0.0321. The van der Waals surface area contributed by atoms with Gasteiger partial charge in [-0.1, -0.05) is 17.7 Å². The van der Waals surface area contributed by atoms with Gasteiger partial charge in [-0.15, -0.1) is 12.3 Å². The lowest BCUT2D eigenvalue weighted by atomic mass is 10.00. The van der Waals surface area contributed by atoms with Crippen LogP contribution < -0.4 is 10.2 Å². The van der Waals surface area contributed by atoms with Gasteiger partial charge in [0.2, 0.25) is 0 Å². The van der Waals surface area contributed by atoms with Gasteiger partial charge in [-0.3, -0.25) is 4.90 Å². The number of nitrogens with one attached hydrogen (secondary N) is 1. The third-order valence-corrected chi connectivity index (χ3v) is 3.52. The number of hydrogen-bond acceptors (Lipinski definition) is 2. The van der Waals surface area contributed by atoms with Crippen LogP contribution in [0.5, 0.6) is 0 Å². The number of aryl methyl sites for hydroxylation is 2. The van der Waals surface area contributed by atoms with Crippen molar-refractivity contribution in [2.75, 3.05) is 11.4 Å². The van der Waals surface area contributed by atoms with Crippen molar-refractivity contribution < 1.29 is 14.7 Å². The van der Waals surface area contributed by atoms with E-state index in [2.05, 4.69) is 17.3 Å². The van der Waals surface area contributed by atoms with Crippen LogP contribution in [0.4, 0.5) is 10.5 Å². The van der Waals surface area contributed by atoms with E-state index in [4.69, 9.17) is 11.5 Å². The second-order valence-electron chi connectivity index (χ2n) is 5.14. The Kier molecular flexibility index (Phi) is 4.49. The maximum Gasteiger partial charge on any atom is 0.327 e. The van der Waals surface area contributed by atoms with Crippen LogP contribution in [0.15, 0.2) is 18.2 Å². The van der Waals surface area contributed by atoms with Gasteiger partial charge in [0.25, 0.3) is 0 Å². The average Bonchev–Trinajstić information content (AvgIpc) is 2.45. The fourth-order valence-corrected chi connectivity index (χ4v) is 2.48. The fraction of sp³-hybridized carbons (Fsp3) is 0.375. The molecule has 5 heteroatoms. The van der Waals surface area contributed by atoms with E-state index >= 15 is 0 Å². The number of rotatable bonds is 3. The Morgan fingerprint density at radius 2 is 2.29 bits per heavy atom. The van der Waals surface area contributed by atoms with Gasteiger partial charge in [0, 0.05) is 18.7 Å². The number of carbonyl (C=O) groups is 2. The smallest absolute Gasteiger partial charge is 0.327 e. The summed E-state index contributed by atoms with van der Waals surface area (Å²) in [6.07, 6.45) is 6.89. The number of nitrogens with zero attached hydrogens (tertiary/aromatic N) is 1. The predicted molar refractivity (Wildman–Crippen MR) is 80.3 cm³/mol. The van der Waals surface area contributed by atoms with Crippen LogP contribution >= 0.6 is 0 Å². The summed E-state index contributed by atoms with van der Waals surface area (Å²) in [5.41, 5.74) is 3.10. The molecule has 5 nitrogen and oxygen atoms in total. The van der Waals surface area contributed by atoms with Crippen LogP contribution in [0.1, 0.15) is 24.0 Å². The molecular weight excluding hydrogens is 268 g/mol. The van der Waals surface area contributed by atoms with E-state index in [1.165, 1.54) is 0 Å². The molecule has 110 valence electrons. The number of urea groups is 1. The van der Waals surface area contributed by atoms with Gasteiger partial charge in [-0.2, -0.15) is 0 Å². The molecule has 0 radical (unpaired) electrons. The molecule has 1 heterocycles. The highest BCUT2D eigenvalue weighted by Gasteiger charge is 2.26. The molecule has 0 saturated heterocycles. The summed E-state index contributed by atoms with van der Waals surface area (Å²) in [5.74, 6) is 1.15. The SMILES string of the molecule is C#CCC(NC(=O)N1CCCc2cc(C)ccc21)C(=O)O. The van der Waals surface area contributed by atoms with Gasteiger partial charge >= 0.3 is 12.0 Å². The van der Waals surface area contributed by atoms with Gasteiger partial charge in [0.1, 0.15) is 6.04 Å². The first-order valence-corrected chi connectivity index (χ1v) is 6.86. The van der Waals surface area contributed by atoms with Gasteiger partial charge in [0.05, 0.1) is 0 Å². The van der Waals surface area contributed by atoms with E-state index in [1.807, 2.05) is 19.1 Å². The number of anilines is 1. The van der Waals surface area contributed by atoms with Crippen LogP contribution in [-0.4, -0.2) is 29.7 Å². The molecule has 0 spiro atoms. The zero-order valence-electron chi connectivity index (χ0n) is 11.9. The van der Waals surface area contributed by atoms with E-state index in [9.17, 15) is 9.59 Å². The van der Waals surface area contributed by atoms with Crippen molar-refractivity contribution in [2.24, 2.45) is 0 Å². The molecule has 1 aromatic carbocycles. The van der Waals surface area contributed by atoms with E-state index in [0.29, 0.717) is 6.54 Å². The zero-order valence-corrected chi connectivity index (χ0v) is 11.9. The molecule has 2 amide bonds. The second-order valence-corrected chi connectivity index (χ2v) is 5.14. The molecule has 2 N–H and O–H groups in total. The van der Waals surface area contributed by atoms with Crippen LogP contribution in [0.3, 0.4) is 0 Å². The molecule has 0 fully saturated rings. The highest BCUT2D eigenvalue weighted by Crippen LogP contribution is 2.28. The maximum absolute atomic E-state index is 12.3. The first-order chi connectivity index (χ1) is 10.0. The molecule has 0 bridgehead atoms. The zero-order chi connectivity index (χ0) is 15.4. The van der Waals surface area contributed by atoms with Crippen LogP contribution in [-0.2, 0) is 11.2 Å². The number of hydrogen-bond donors (Lipinski definition) is 2. The topological polar surface area (TPSA) is 69.6 Å². The molecule has 0 aliphatic carbocycles. The molecule has 0 saturated carbocycles. The number of benzene rings is 1. The highest BCUT2D eigenvalue weighted by atomic mass is 16.4. The number of aliphatic carboxylic acids is 1. The third-order valence-electron chi connectivity index (χ3n) is 3.52. The van der Waals surface area contributed by atoms with Crippen molar-refractivity contribution in [3.8, 4) is 12.3 Å². The molecule has 1 aliphatic rings. The number of amides is 2. The van der Waals surface area contributed by atoms with Crippen molar-refractivity contribution in [2.45, 2.75) is 32.2 Å². The monoisotopic (exact) mass is 286 g/mol. The summed E-state index contributed by atoms with van der Waals surface area (Å²) in [7, 11) is 0. The Morgan fingerprint density at radius 3 is 2.95 bits per heavy atom. The Morgan fingerprint density at radius 1 is 1.52 bits per heavy atom. The summed E-state index contributed by atoms with van der Waals surface area (Å²) in [6.45, 7) is 2.58. The van der Waals surface area contributed by atoms with Crippen molar-refractivity contribution >= 4 is 17.7 Å². The molecule has 21 heavy (non-hydrogen) atoms. The lowest BCUT2D eigenvalue weighted by Gasteiger charge is -2.30. The largest absolute Gasteiger partial charge is 0.480 e. The lowest BCUT2D eigenvalue weighted by molar-refractivity contribution is -0.139. The van der Waals surface area contributed by atoms with Crippen LogP contribution in [0.2, 0.25) is 0 Å². The van der Waals surface area contributed by atoms with Gasteiger partial charge in [-0.25, -0.2) is 9.59 Å². The standard InChI is InChI=1S/C16H18N2O3/c1-3-5-13(15(19)20)17-16(21)18-9-4-6-12-10-11(2)7-8-14(12)18/h1,7-8,10,13H,4-6,9H2,2H3,(H,17,21)(H,19,20). The lowest BCUT2D eigenvalue weighted by Crippen LogP contribution is -2.49.